The van der Waals surface area contributed by atoms with Crippen molar-refractivity contribution in [3.63, 3.8) is 0 Å². The first kappa shape index (κ1) is 19.7. The van der Waals surface area contributed by atoms with Crippen LogP contribution in [0.15, 0.2) is 48.7 Å². The zero-order chi connectivity index (χ0) is 20.5. The summed E-state index contributed by atoms with van der Waals surface area (Å²) in [5, 5.41) is 0. The summed E-state index contributed by atoms with van der Waals surface area (Å²) in [6.07, 6.45) is -2.63. The highest BCUT2D eigenvalue weighted by molar-refractivity contribution is 5.89. The molecule has 2 aliphatic rings. The zero-order valence-corrected chi connectivity index (χ0v) is 15.7. The number of pyridine rings is 1. The van der Waals surface area contributed by atoms with E-state index in [1.165, 1.54) is 12.3 Å². The van der Waals surface area contributed by atoms with Crippen LogP contribution in [0.25, 0.3) is 0 Å². The number of nitrogens with zero attached hydrogens (tertiary/aromatic N) is 2. The van der Waals surface area contributed by atoms with Crippen molar-refractivity contribution < 1.29 is 27.4 Å². The average Bonchev–Trinajstić information content (AvgIpc) is 2.70. The molecular formula is C21H21F3N2O3. The molecule has 0 spiro atoms. The summed E-state index contributed by atoms with van der Waals surface area (Å²) in [5.74, 6) is -0.468. The summed E-state index contributed by atoms with van der Waals surface area (Å²) in [7, 11) is 0. The molecule has 5 nitrogen and oxygen atoms in total. The molecule has 2 saturated heterocycles. The Bertz CT molecular complexity index is 861. The molecule has 1 amide bonds. The van der Waals surface area contributed by atoms with Crippen LogP contribution in [0.4, 0.5) is 13.2 Å². The normalized spacial score (nSPS) is 19.5. The lowest BCUT2D eigenvalue weighted by Gasteiger charge is -2.46. The third-order valence-electron chi connectivity index (χ3n) is 5.57. The van der Waals surface area contributed by atoms with Crippen LogP contribution in [0.5, 0.6) is 5.88 Å². The first-order valence-corrected chi connectivity index (χ1v) is 9.52. The van der Waals surface area contributed by atoms with Crippen molar-refractivity contribution in [3.05, 3.63) is 59.8 Å². The maximum atomic E-state index is 13.3. The predicted molar refractivity (Wildman–Crippen MR) is 98.4 cm³/mol. The molecule has 8 heteroatoms. The third-order valence-corrected chi connectivity index (χ3v) is 5.57. The van der Waals surface area contributed by atoms with Gasteiger partial charge in [0.2, 0.25) is 11.8 Å². The number of amides is 1. The Morgan fingerprint density at radius 2 is 1.79 bits per heavy atom. The molecule has 3 heterocycles. The highest BCUT2D eigenvalue weighted by Crippen LogP contribution is 2.39. The summed E-state index contributed by atoms with van der Waals surface area (Å²) in [4.78, 5) is 18.7. The molecule has 4 rings (SSSR count). The average molecular weight is 406 g/mol. The number of ether oxygens (including phenoxy) is 2. The number of benzene rings is 1. The van der Waals surface area contributed by atoms with Gasteiger partial charge in [0.05, 0.1) is 18.5 Å². The topological polar surface area (TPSA) is 51.7 Å². The molecule has 0 bridgehead atoms. The largest absolute Gasteiger partial charge is 0.470 e. The fourth-order valence-electron chi connectivity index (χ4n) is 3.94. The first-order chi connectivity index (χ1) is 13.9. The molecule has 0 unspecified atom stereocenters. The summed E-state index contributed by atoms with van der Waals surface area (Å²) < 4.78 is 50.3. The molecule has 0 atom stereocenters. The Labute approximate surface area is 166 Å². The van der Waals surface area contributed by atoms with E-state index in [2.05, 4.69) is 4.98 Å². The van der Waals surface area contributed by atoms with Gasteiger partial charge in [-0.2, -0.15) is 13.2 Å². The van der Waals surface area contributed by atoms with Crippen LogP contribution < -0.4 is 4.74 Å². The van der Waals surface area contributed by atoms with Gasteiger partial charge >= 0.3 is 6.18 Å². The quantitative estimate of drug-likeness (QED) is 0.781. The van der Waals surface area contributed by atoms with Crippen molar-refractivity contribution in [2.45, 2.75) is 30.5 Å². The van der Waals surface area contributed by atoms with Gasteiger partial charge in [0.25, 0.3) is 0 Å². The summed E-state index contributed by atoms with van der Waals surface area (Å²) in [6, 6.07) is 11.8. The molecule has 154 valence electrons. The standard InChI is InChI=1S/C21H21F3N2O3/c22-21(23,24)17-7-4-10-25-18(17)29-16-13-26(14-16)19(27)20(8-11-28-12-9-20)15-5-2-1-3-6-15/h1-7,10,16H,8-9,11-14H2. The second kappa shape index (κ2) is 7.67. The zero-order valence-electron chi connectivity index (χ0n) is 15.7. The highest BCUT2D eigenvalue weighted by Gasteiger charge is 2.47. The molecule has 29 heavy (non-hydrogen) atoms. The summed E-state index contributed by atoms with van der Waals surface area (Å²) >= 11 is 0. The Kier molecular flexibility index (Phi) is 5.21. The maximum Gasteiger partial charge on any atom is 0.421 e. The van der Waals surface area contributed by atoms with Crippen LogP contribution in [0.1, 0.15) is 24.0 Å². The highest BCUT2D eigenvalue weighted by atomic mass is 19.4. The fraction of sp³-hybridized carbons (Fsp3) is 0.429. The minimum absolute atomic E-state index is 0.0242. The molecule has 1 aromatic heterocycles. The van der Waals surface area contributed by atoms with Crippen LogP contribution in [-0.4, -0.2) is 48.2 Å². The minimum Gasteiger partial charge on any atom is -0.470 e. The van der Waals surface area contributed by atoms with E-state index in [0.29, 0.717) is 26.1 Å². The number of aromatic nitrogens is 1. The van der Waals surface area contributed by atoms with E-state index >= 15 is 0 Å². The van der Waals surface area contributed by atoms with Crippen molar-refractivity contribution in [3.8, 4) is 5.88 Å². The lowest BCUT2D eigenvalue weighted by Crippen LogP contribution is -2.61. The monoisotopic (exact) mass is 406 g/mol. The molecule has 0 aliphatic carbocycles. The fourth-order valence-corrected chi connectivity index (χ4v) is 3.94. The second-order valence-electron chi connectivity index (χ2n) is 7.36. The molecule has 2 aromatic rings. The summed E-state index contributed by atoms with van der Waals surface area (Å²) in [5.41, 5.74) is -0.621. The number of carbonyl (C=O) groups excluding carboxylic acids is 1. The van der Waals surface area contributed by atoms with E-state index in [0.717, 1.165) is 11.6 Å². The lowest BCUT2D eigenvalue weighted by molar-refractivity contribution is -0.152. The van der Waals surface area contributed by atoms with E-state index in [4.69, 9.17) is 9.47 Å². The van der Waals surface area contributed by atoms with E-state index in [-0.39, 0.29) is 19.0 Å². The van der Waals surface area contributed by atoms with Gasteiger partial charge in [-0.1, -0.05) is 30.3 Å². The number of alkyl halides is 3. The van der Waals surface area contributed by atoms with Crippen LogP contribution in [0.2, 0.25) is 0 Å². The predicted octanol–water partition coefficient (Wildman–Crippen LogP) is 3.44. The molecule has 0 N–H and O–H groups in total. The molecule has 2 aliphatic heterocycles. The van der Waals surface area contributed by atoms with Crippen molar-refractivity contribution in [2.75, 3.05) is 26.3 Å². The molecule has 0 saturated carbocycles. The number of hydrogen-bond acceptors (Lipinski definition) is 4. The van der Waals surface area contributed by atoms with E-state index in [9.17, 15) is 18.0 Å². The Morgan fingerprint density at radius 3 is 2.45 bits per heavy atom. The van der Waals surface area contributed by atoms with Crippen LogP contribution >= 0.6 is 0 Å². The van der Waals surface area contributed by atoms with Crippen LogP contribution in [-0.2, 0) is 21.1 Å². The Morgan fingerprint density at radius 1 is 1.10 bits per heavy atom. The Balaban J connectivity index is 1.46. The molecule has 1 aromatic carbocycles. The molecular weight excluding hydrogens is 385 g/mol. The second-order valence-corrected chi connectivity index (χ2v) is 7.36. The smallest absolute Gasteiger partial charge is 0.421 e. The SMILES string of the molecule is O=C(N1CC(Oc2ncccc2C(F)(F)F)C1)C1(c2ccccc2)CCOCC1. The number of likely N-dealkylation sites (tertiary alicyclic amines) is 1. The minimum atomic E-state index is -4.54. The van der Waals surface area contributed by atoms with Gasteiger partial charge in [0, 0.05) is 19.4 Å². The van der Waals surface area contributed by atoms with E-state index in [1.54, 1.807) is 4.90 Å². The number of rotatable bonds is 4. The first-order valence-electron chi connectivity index (χ1n) is 9.52. The lowest BCUT2D eigenvalue weighted by atomic mass is 9.72. The number of hydrogen-bond donors (Lipinski definition) is 0. The Hall–Kier alpha value is -2.61. The van der Waals surface area contributed by atoms with E-state index < -0.39 is 29.1 Å². The molecule has 0 radical (unpaired) electrons. The van der Waals surface area contributed by atoms with E-state index in [1.807, 2.05) is 30.3 Å². The van der Waals surface area contributed by atoms with Gasteiger partial charge in [0.1, 0.15) is 11.7 Å². The van der Waals surface area contributed by atoms with Crippen molar-refractivity contribution in [2.24, 2.45) is 0 Å². The number of carbonyl (C=O) groups is 1. The third kappa shape index (κ3) is 3.81. The van der Waals surface area contributed by atoms with Gasteiger partial charge < -0.3 is 14.4 Å². The van der Waals surface area contributed by atoms with Gasteiger partial charge in [0.15, 0.2) is 0 Å². The van der Waals surface area contributed by atoms with Gasteiger partial charge in [-0.25, -0.2) is 4.98 Å². The summed E-state index contributed by atoms with van der Waals surface area (Å²) in [6.45, 7) is 1.47. The maximum absolute atomic E-state index is 13.3. The van der Waals surface area contributed by atoms with Crippen LogP contribution in [0, 0.1) is 0 Å². The number of halogens is 3. The van der Waals surface area contributed by atoms with Gasteiger partial charge in [-0.15, -0.1) is 0 Å². The van der Waals surface area contributed by atoms with Gasteiger partial charge in [-0.05, 0) is 30.5 Å². The van der Waals surface area contributed by atoms with Gasteiger partial charge in [-0.3, -0.25) is 4.79 Å². The molecule has 2 fully saturated rings. The van der Waals surface area contributed by atoms with Crippen molar-refractivity contribution in [1.29, 1.82) is 0 Å². The van der Waals surface area contributed by atoms with Crippen molar-refractivity contribution >= 4 is 5.91 Å². The van der Waals surface area contributed by atoms with Crippen LogP contribution in [0.3, 0.4) is 0 Å². The van der Waals surface area contributed by atoms with Crippen molar-refractivity contribution in [1.82, 2.24) is 9.88 Å².